The molecule has 1 N–H and O–H groups in total. The third-order valence-corrected chi connectivity index (χ3v) is 5.59. The molecule has 3 aromatic rings. The lowest BCUT2D eigenvalue weighted by Gasteiger charge is -2.25. The van der Waals surface area contributed by atoms with Gasteiger partial charge in [-0.3, -0.25) is 4.90 Å². The van der Waals surface area contributed by atoms with Crippen LogP contribution in [-0.2, 0) is 5.41 Å². The molecule has 134 valence electrons. The summed E-state index contributed by atoms with van der Waals surface area (Å²) in [5, 5.41) is 9.03. The fourth-order valence-corrected chi connectivity index (χ4v) is 4.05. The van der Waals surface area contributed by atoms with Crippen molar-refractivity contribution in [1.29, 1.82) is 0 Å². The molecule has 4 rings (SSSR count). The molecule has 0 unspecified atom stereocenters. The molecule has 1 atom stereocenters. The van der Waals surface area contributed by atoms with Crippen LogP contribution in [0.2, 0.25) is 0 Å². The number of furan rings is 1. The highest BCUT2D eigenvalue weighted by atomic mass is 32.1. The quantitative estimate of drug-likeness (QED) is 0.748. The molecule has 0 radical (unpaired) electrons. The number of imidazole rings is 1. The van der Waals surface area contributed by atoms with Gasteiger partial charge in [-0.2, -0.15) is 0 Å². The van der Waals surface area contributed by atoms with E-state index in [9.17, 15) is 0 Å². The van der Waals surface area contributed by atoms with Gasteiger partial charge >= 0.3 is 0 Å². The van der Waals surface area contributed by atoms with E-state index in [0.29, 0.717) is 0 Å². The van der Waals surface area contributed by atoms with Crippen LogP contribution in [-0.4, -0.2) is 39.1 Å². The Balaban J connectivity index is 1.49. The molecule has 0 aliphatic carbocycles. The highest BCUT2D eigenvalue weighted by molar-refractivity contribution is 7.20. The van der Waals surface area contributed by atoms with Crippen LogP contribution in [0.5, 0.6) is 0 Å². The first kappa shape index (κ1) is 16.6. The topological polar surface area (TPSA) is 58.6 Å². The van der Waals surface area contributed by atoms with E-state index in [0.717, 1.165) is 41.2 Å². The molecule has 1 fully saturated rings. The monoisotopic (exact) mass is 359 g/mol. The summed E-state index contributed by atoms with van der Waals surface area (Å²) in [5.41, 5.74) is 1.12. The summed E-state index contributed by atoms with van der Waals surface area (Å²) in [6.07, 6.45) is 6.31. The average molecular weight is 359 g/mol. The lowest BCUT2D eigenvalue weighted by Crippen LogP contribution is -2.30. The van der Waals surface area contributed by atoms with E-state index in [4.69, 9.17) is 9.40 Å². The molecule has 0 amide bonds. The van der Waals surface area contributed by atoms with Crippen molar-refractivity contribution in [2.24, 2.45) is 0 Å². The Morgan fingerprint density at radius 2 is 2.12 bits per heavy atom. The molecule has 1 aliphatic rings. The summed E-state index contributed by atoms with van der Waals surface area (Å²) in [6.45, 7) is 9.55. The molecular weight excluding hydrogens is 334 g/mol. The molecule has 1 saturated heterocycles. The van der Waals surface area contributed by atoms with E-state index in [1.807, 2.05) is 16.8 Å². The summed E-state index contributed by atoms with van der Waals surface area (Å²) in [4.78, 5) is 8.13. The van der Waals surface area contributed by atoms with Gasteiger partial charge in [-0.15, -0.1) is 5.10 Å². The third kappa shape index (κ3) is 3.43. The number of nitrogens with zero attached hydrogens (tertiary/aromatic N) is 4. The second-order valence-corrected chi connectivity index (χ2v) is 8.62. The molecule has 3 aromatic heterocycles. The van der Waals surface area contributed by atoms with Gasteiger partial charge in [0.2, 0.25) is 10.1 Å². The minimum Gasteiger partial charge on any atom is -0.468 e. The van der Waals surface area contributed by atoms with Crippen LogP contribution < -0.4 is 5.32 Å². The lowest BCUT2D eigenvalue weighted by atomic mass is 9.93. The predicted octanol–water partition coefficient (Wildman–Crippen LogP) is 3.93. The maximum Gasteiger partial charge on any atom is 0.214 e. The molecule has 0 saturated carbocycles. The van der Waals surface area contributed by atoms with Gasteiger partial charge in [0, 0.05) is 12.0 Å². The molecule has 0 bridgehead atoms. The van der Waals surface area contributed by atoms with Gasteiger partial charge in [0.15, 0.2) is 0 Å². The van der Waals surface area contributed by atoms with Crippen LogP contribution in [0, 0.1) is 0 Å². The average Bonchev–Trinajstić information content (AvgIpc) is 3.32. The van der Waals surface area contributed by atoms with Crippen molar-refractivity contribution in [1.82, 2.24) is 19.5 Å². The Kier molecular flexibility index (Phi) is 4.29. The molecule has 1 aliphatic heterocycles. The van der Waals surface area contributed by atoms with Gasteiger partial charge in [0.25, 0.3) is 0 Å². The molecule has 7 heteroatoms. The second kappa shape index (κ2) is 6.46. The molecule has 0 aromatic carbocycles. The summed E-state index contributed by atoms with van der Waals surface area (Å²) < 4.78 is 7.56. The van der Waals surface area contributed by atoms with Gasteiger partial charge in [0.1, 0.15) is 5.76 Å². The molecular formula is C18H25N5OS. The fourth-order valence-electron chi connectivity index (χ4n) is 3.26. The maximum absolute atomic E-state index is 5.68. The van der Waals surface area contributed by atoms with Crippen LogP contribution >= 0.6 is 11.3 Å². The minimum atomic E-state index is 0.0428. The Morgan fingerprint density at radius 1 is 1.32 bits per heavy atom. The summed E-state index contributed by atoms with van der Waals surface area (Å²) in [5.74, 6) is 1.02. The van der Waals surface area contributed by atoms with Crippen LogP contribution in [0.4, 0.5) is 5.13 Å². The van der Waals surface area contributed by atoms with Crippen molar-refractivity contribution in [2.45, 2.75) is 45.1 Å². The Morgan fingerprint density at radius 3 is 2.76 bits per heavy atom. The molecule has 25 heavy (non-hydrogen) atoms. The van der Waals surface area contributed by atoms with E-state index >= 15 is 0 Å². The van der Waals surface area contributed by atoms with Gasteiger partial charge in [0.05, 0.1) is 24.2 Å². The zero-order valence-electron chi connectivity index (χ0n) is 15.0. The highest BCUT2D eigenvalue weighted by Gasteiger charge is 2.26. The Hall–Kier alpha value is -1.86. The number of likely N-dealkylation sites (tertiary alicyclic amines) is 1. The maximum atomic E-state index is 5.68. The summed E-state index contributed by atoms with van der Waals surface area (Å²) in [6, 6.07) is 4.28. The number of fused-ring (bicyclic) bond motifs is 1. The highest BCUT2D eigenvalue weighted by Crippen LogP contribution is 2.28. The standard InChI is InChI=1S/C18H25N5OS/c1-18(2,3)15-12-23-17(20-15)25-16(21-23)19-11-13(14-7-6-10-24-14)22-8-4-5-9-22/h6-7,10,12-13H,4-5,8-9,11H2,1-3H3,(H,19,21)/t13-/m0/s1. The van der Waals surface area contributed by atoms with E-state index in [1.165, 1.54) is 12.8 Å². The lowest BCUT2D eigenvalue weighted by molar-refractivity contribution is 0.225. The molecule has 6 nitrogen and oxygen atoms in total. The van der Waals surface area contributed by atoms with Crippen molar-refractivity contribution in [3.8, 4) is 0 Å². The number of hydrogen-bond donors (Lipinski definition) is 1. The van der Waals surface area contributed by atoms with Gasteiger partial charge in [-0.25, -0.2) is 9.50 Å². The van der Waals surface area contributed by atoms with Crippen molar-refractivity contribution in [3.05, 3.63) is 36.0 Å². The normalized spacial score (nSPS) is 17.4. The first-order chi connectivity index (χ1) is 12.0. The number of hydrogen-bond acceptors (Lipinski definition) is 6. The first-order valence-electron chi connectivity index (χ1n) is 8.89. The van der Waals surface area contributed by atoms with E-state index in [-0.39, 0.29) is 11.5 Å². The SMILES string of the molecule is CC(C)(C)c1cn2nc(NC[C@@H](c3ccco3)N3CCCC3)sc2n1. The van der Waals surface area contributed by atoms with Crippen LogP contribution in [0.3, 0.4) is 0 Å². The van der Waals surface area contributed by atoms with Gasteiger partial charge in [-0.05, 0) is 38.1 Å². The van der Waals surface area contributed by atoms with Crippen LogP contribution in [0.25, 0.3) is 4.96 Å². The number of rotatable bonds is 5. The van der Waals surface area contributed by atoms with Gasteiger partial charge in [-0.1, -0.05) is 32.1 Å². The zero-order chi connectivity index (χ0) is 17.4. The Bertz CT molecular complexity index is 792. The number of nitrogens with one attached hydrogen (secondary N) is 1. The smallest absolute Gasteiger partial charge is 0.214 e. The Labute approximate surface area is 151 Å². The minimum absolute atomic E-state index is 0.0428. The predicted molar refractivity (Wildman–Crippen MR) is 100 cm³/mol. The number of aromatic nitrogens is 3. The van der Waals surface area contributed by atoms with E-state index < -0.39 is 0 Å². The molecule has 0 spiro atoms. The van der Waals surface area contributed by atoms with Crippen LogP contribution in [0.15, 0.2) is 29.0 Å². The van der Waals surface area contributed by atoms with Crippen molar-refractivity contribution in [2.75, 3.05) is 25.0 Å². The molecule has 4 heterocycles. The van der Waals surface area contributed by atoms with Crippen molar-refractivity contribution in [3.63, 3.8) is 0 Å². The summed E-state index contributed by atoms with van der Waals surface area (Å²) >= 11 is 1.60. The second-order valence-electron chi connectivity index (χ2n) is 7.67. The number of anilines is 1. The first-order valence-corrected chi connectivity index (χ1v) is 9.70. The van der Waals surface area contributed by atoms with Crippen LogP contribution in [0.1, 0.15) is 51.1 Å². The summed E-state index contributed by atoms with van der Waals surface area (Å²) in [7, 11) is 0. The largest absolute Gasteiger partial charge is 0.468 e. The van der Waals surface area contributed by atoms with E-state index in [1.54, 1.807) is 17.6 Å². The van der Waals surface area contributed by atoms with Crippen molar-refractivity contribution >= 4 is 21.4 Å². The third-order valence-electron chi connectivity index (χ3n) is 4.71. The van der Waals surface area contributed by atoms with Crippen molar-refractivity contribution < 1.29 is 4.42 Å². The zero-order valence-corrected chi connectivity index (χ0v) is 15.8. The van der Waals surface area contributed by atoms with E-state index in [2.05, 4.69) is 42.2 Å². The van der Waals surface area contributed by atoms with Gasteiger partial charge < -0.3 is 9.73 Å². The fraction of sp³-hybridized carbons (Fsp3) is 0.556.